The summed E-state index contributed by atoms with van der Waals surface area (Å²) >= 11 is 0. The van der Waals surface area contributed by atoms with E-state index in [1.807, 2.05) is 54.2 Å². The van der Waals surface area contributed by atoms with Crippen molar-refractivity contribution in [3.8, 4) is 5.69 Å². The van der Waals surface area contributed by atoms with E-state index in [2.05, 4.69) is 17.1 Å². The fraction of sp³-hybridized carbons (Fsp3) is 0.333. The maximum absolute atomic E-state index is 12.4. The van der Waals surface area contributed by atoms with Crippen molar-refractivity contribution in [1.82, 2.24) is 19.6 Å². The van der Waals surface area contributed by atoms with Gasteiger partial charge in [0, 0.05) is 30.7 Å². The van der Waals surface area contributed by atoms with E-state index in [1.165, 1.54) is 10.6 Å². The molecule has 0 saturated carbocycles. The van der Waals surface area contributed by atoms with Crippen molar-refractivity contribution in [2.75, 3.05) is 10.6 Å². The normalized spacial score (nSPS) is 11.7. The molecule has 0 bridgehead atoms. The van der Waals surface area contributed by atoms with Crippen LogP contribution in [0.1, 0.15) is 24.6 Å². The Morgan fingerprint density at radius 3 is 2.65 bits per heavy atom. The molecular weight excluding hydrogens is 350 g/mol. The molecule has 0 saturated heterocycles. The van der Waals surface area contributed by atoms with E-state index in [0.29, 0.717) is 5.82 Å². The van der Waals surface area contributed by atoms with Gasteiger partial charge < -0.3 is 0 Å². The first-order valence-corrected chi connectivity index (χ1v) is 10.3. The molecule has 3 rings (SSSR count). The van der Waals surface area contributed by atoms with Crippen LogP contribution in [0.4, 0.5) is 5.82 Å². The molecule has 0 radical (unpaired) electrons. The molecule has 2 heterocycles. The van der Waals surface area contributed by atoms with Gasteiger partial charge in [0.2, 0.25) is 10.0 Å². The van der Waals surface area contributed by atoms with Crippen LogP contribution in [0.3, 0.4) is 0 Å². The average molecular weight is 373 g/mol. The summed E-state index contributed by atoms with van der Waals surface area (Å²) in [7, 11) is -3.47. The van der Waals surface area contributed by atoms with Crippen LogP contribution in [0.2, 0.25) is 0 Å². The number of hydrogen-bond acceptors (Lipinski definition) is 4. The van der Waals surface area contributed by atoms with Crippen LogP contribution in [0, 0.1) is 6.92 Å². The van der Waals surface area contributed by atoms with Crippen LogP contribution >= 0.6 is 0 Å². The third-order valence-corrected chi connectivity index (χ3v) is 5.18. The first kappa shape index (κ1) is 18.2. The first-order chi connectivity index (χ1) is 12.4. The highest BCUT2D eigenvalue weighted by molar-refractivity contribution is 7.92. The summed E-state index contributed by atoms with van der Waals surface area (Å²) in [6, 6.07) is 11.3. The number of benzene rings is 1. The molecule has 8 heteroatoms. The van der Waals surface area contributed by atoms with Crippen LogP contribution in [-0.4, -0.2) is 34.2 Å². The number of nitrogens with zero attached hydrogens (tertiary/aromatic N) is 5. The zero-order chi connectivity index (χ0) is 18.7. The zero-order valence-corrected chi connectivity index (χ0v) is 16.0. The van der Waals surface area contributed by atoms with Gasteiger partial charge in [-0.2, -0.15) is 10.2 Å². The summed E-state index contributed by atoms with van der Waals surface area (Å²) in [4.78, 5) is 0. The van der Waals surface area contributed by atoms with E-state index in [0.717, 1.165) is 29.9 Å². The number of rotatable bonds is 7. The Balaban J connectivity index is 1.93. The first-order valence-electron chi connectivity index (χ1n) is 8.49. The molecule has 0 amide bonds. The fourth-order valence-corrected chi connectivity index (χ4v) is 3.62. The molecule has 0 aliphatic rings. The fourth-order valence-electron chi connectivity index (χ4n) is 2.81. The molecule has 2 aromatic heterocycles. The Morgan fingerprint density at radius 1 is 1.19 bits per heavy atom. The minimum Gasteiger partial charge on any atom is -0.268 e. The molecular formula is C18H23N5O2S. The Kier molecular flexibility index (Phi) is 5.13. The molecule has 26 heavy (non-hydrogen) atoms. The van der Waals surface area contributed by atoms with Crippen molar-refractivity contribution >= 4 is 15.8 Å². The molecule has 0 atom stereocenters. The molecule has 0 fully saturated rings. The van der Waals surface area contributed by atoms with Crippen LogP contribution in [0.15, 0.2) is 48.8 Å². The van der Waals surface area contributed by atoms with Gasteiger partial charge in [0.05, 0.1) is 18.5 Å². The topological polar surface area (TPSA) is 73.0 Å². The van der Waals surface area contributed by atoms with Gasteiger partial charge in [0.1, 0.15) is 0 Å². The largest absolute Gasteiger partial charge is 0.268 e. The van der Waals surface area contributed by atoms with Crippen molar-refractivity contribution in [2.24, 2.45) is 0 Å². The van der Waals surface area contributed by atoms with E-state index < -0.39 is 10.0 Å². The molecule has 0 aliphatic heterocycles. The minimum atomic E-state index is -3.47. The highest BCUT2D eigenvalue weighted by atomic mass is 32.2. The predicted molar refractivity (Wildman–Crippen MR) is 102 cm³/mol. The van der Waals surface area contributed by atoms with E-state index in [4.69, 9.17) is 0 Å². The molecule has 1 aromatic carbocycles. The average Bonchev–Trinajstić information content (AvgIpc) is 3.23. The predicted octanol–water partition coefficient (Wildman–Crippen LogP) is 2.75. The van der Waals surface area contributed by atoms with Gasteiger partial charge in [-0.3, -0.25) is 4.68 Å². The van der Waals surface area contributed by atoms with E-state index >= 15 is 0 Å². The van der Waals surface area contributed by atoms with Gasteiger partial charge in [0.25, 0.3) is 0 Å². The second kappa shape index (κ2) is 7.33. The van der Waals surface area contributed by atoms with Crippen LogP contribution < -0.4 is 4.31 Å². The van der Waals surface area contributed by atoms with E-state index in [1.54, 1.807) is 10.9 Å². The van der Waals surface area contributed by atoms with Crippen molar-refractivity contribution < 1.29 is 8.42 Å². The van der Waals surface area contributed by atoms with Crippen molar-refractivity contribution in [3.05, 3.63) is 60.0 Å². The van der Waals surface area contributed by atoms with Gasteiger partial charge in [-0.1, -0.05) is 19.1 Å². The van der Waals surface area contributed by atoms with Crippen LogP contribution in [-0.2, 0) is 23.1 Å². The number of aromatic nitrogens is 4. The zero-order valence-electron chi connectivity index (χ0n) is 15.2. The lowest BCUT2D eigenvalue weighted by Crippen LogP contribution is -2.29. The quantitative estimate of drug-likeness (QED) is 0.638. The van der Waals surface area contributed by atoms with Crippen molar-refractivity contribution in [2.45, 2.75) is 33.4 Å². The van der Waals surface area contributed by atoms with Crippen LogP contribution in [0.25, 0.3) is 5.69 Å². The lowest BCUT2D eigenvalue weighted by Gasteiger charge is -2.20. The SMILES string of the molecule is CCCn1nc(N(Cc2cccc(-n3cccn3)c2)S(C)(=O)=O)cc1C. The molecule has 0 aliphatic carbocycles. The number of anilines is 1. The Labute approximate surface area is 153 Å². The van der Waals surface area contributed by atoms with Gasteiger partial charge in [-0.05, 0) is 37.1 Å². The summed E-state index contributed by atoms with van der Waals surface area (Å²) < 4.78 is 29.7. The Bertz CT molecular complexity index is 977. The van der Waals surface area contributed by atoms with Crippen LogP contribution in [0.5, 0.6) is 0 Å². The molecule has 7 nitrogen and oxygen atoms in total. The lowest BCUT2D eigenvalue weighted by atomic mass is 10.2. The Morgan fingerprint density at radius 2 is 2.00 bits per heavy atom. The lowest BCUT2D eigenvalue weighted by molar-refractivity contribution is 0.581. The van der Waals surface area contributed by atoms with E-state index in [9.17, 15) is 8.42 Å². The van der Waals surface area contributed by atoms with Crippen molar-refractivity contribution in [3.63, 3.8) is 0 Å². The minimum absolute atomic E-state index is 0.219. The monoisotopic (exact) mass is 373 g/mol. The maximum atomic E-state index is 12.4. The maximum Gasteiger partial charge on any atom is 0.233 e. The molecule has 3 aromatic rings. The summed E-state index contributed by atoms with van der Waals surface area (Å²) in [5.41, 5.74) is 2.69. The summed E-state index contributed by atoms with van der Waals surface area (Å²) in [5.74, 6) is 0.447. The third kappa shape index (κ3) is 3.96. The number of hydrogen-bond donors (Lipinski definition) is 0. The molecule has 0 spiro atoms. The van der Waals surface area contributed by atoms with Gasteiger partial charge in [0.15, 0.2) is 5.82 Å². The van der Waals surface area contributed by atoms with Gasteiger partial charge in [-0.15, -0.1) is 0 Å². The second-order valence-corrected chi connectivity index (χ2v) is 8.16. The summed E-state index contributed by atoms with van der Waals surface area (Å²) in [6.45, 7) is 4.98. The molecule has 138 valence electrons. The van der Waals surface area contributed by atoms with E-state index in [-0.39, 0.29) is 6.54 Å². The van der Waals surface area contributed by atoms with Gasteiger partial charge >= 0.3 is 0 Å². The Hall–Kier alpha value is -2.61. The highest BCUT2D eigenvalue weighted by Gasteiger charge is 2.21. The standard InChI is InChI=1S/C18H23N5O2S/c1-4-10-21-15(2)12-18(20-21)23(26(3,24)25)14-16-7-5-8-17(13-16)22-11-6-9-19-22/h5-9,11-13H,4,10,14H2,1-3H3. The highest BCUT2D eigenvalue weighted by Crippen LogP contribution is 2.21. The smallest absolute Gasteiger partial charge is 0.233 e. The summed E-state index contributed by atoms with van der Waals surface area (Å²) in [5, 5.41) is 8.70. The van der Waals surface area contributed by atoms with Gasteiger partial charge in [-0.25, -0.2) is 17.4 Å². The molecule has 0 unspecified atom stereocenters. The number of sulfonamides is 1. The summed E-state index contributed by atoms with van der Waals surface area (Å²) in [6.07, 6.45) is 5.70. The number of aryl methyl sites for hydroxylation is 2. The second-order valence-electron chi connectivity index (χ2n) is 6.26. The molecule has 0 N–H and O–H groups in total. The third-order valence-electron chi connectivity index (χ3n) is 4.07. The van der Waals surface area contributed by atoms with Crippen molar-refractivity contribution in [1.29, 1.82) is 0 Å².